The molecular formula is C14H17N5S. The van der Waals surface area contributed by atoms with E-state index < -0.39 is 0 Å². The van der Waals surface area contributed by atoms with E-state index in [2.05, 4.69) is 34.3 Å². The van der Waals surface area contributed by atoms with Crippen LogP contribution in [-0.4, -0.2) is 19.6 Å². The van der Waals surface area contributed by atoms with Crippen LogP contribution in [0.2, 0.25) is 0 Å². The Hall–Kier alpha value is -1.95. The topological polar surface area (TPSA) is 55.1 Å². The molecule has 0 bridgehead atoms. The van der Waals surface area contributed by atoms with Crippen LogP contribution in [0.25, 0.3) is 5.65 Å². The van der Waals surface area contributed by atoms with Gasteiger partial charge in [0.1, 0.15) is 10.7 Å². The Morgan fingerprint density at radius 3 is 3.00 bits per heavy atom. The van der Waals surface area contributed by atoms with Gasteiger partial charge >= 0.3 is 0 Å². The summed E-state index contributed by atoms with van der Waals surface area (Å²) in [5.74, 6) is 0.606. The van der Waals surface area contributed by atoms with Crippen molar-refractivity contribution in [2.45, 2.75) is 26.8 Å². The monoisotopic (exact) mass is 287 g/mol. The highest BCUT2D eigenvalue weighted by Gasteiger charge is 2.07. The molecule has 1 N–H and O–H groups in total. The van der Waals surface area contributed by atoms with E-state index >= 15 is 0 Å². The standard InChI is InChI=1S/C14H17N5S/c1-10(2)7-13-17-18-14(20-13)15-8-11-9-19-6-4-3-5-12(19)16-11/h3-6,9-10H,7-8H2,1-2H3,(H,15,18). The number of anilines is 1. The number of rotatable bonds is 5. The summed E-state index contributed by atoms with van der Waals surface area (Å²) in [6.45, 7) is 5.04. The molecule has 0 atom stereocenters. The second-order valence-corrected chi connectivity index (χ2v) is 6.21. The third kappa shape index (κ3) is 2.96. The highest BCUT2D eigenvalue weighted by molar-refractivity contribution is 7.15. The van der Waals surface area contributed by atoms with E-state index in [0.717, 1.165) is 27.9 Å². The van der Waals surface area contributed by atoms with Crippen molar-refractivity contribution in [1.82, 2.24) is 19.6 Å². The Balaban J connectivity index is 1.65. The summed E-state index contributed by atoms with van der Waals surface area (Å²) < 4.78 is 2.02. The fourth-order valence-electron chi connectivity index (χ4n) is 2.00. The Morgan fingerprint density at radius 1 is 1.30 bits per heavy atom. The van der Waals surface area contributed by atoms with Gasteiger partial charge in [-0.05, 0) is 18.1 Å². The van der Waals surface area contributed by atoms with Gasteiger partial charge in [0.05, 0.1) is 12.2 Å². The normalized spacial score (nSPS) is 11.3. The number of imidazole rings is 1. The van der Waals surface area contributed by atoms with Crippen LogP contribution in [-0.2, 0) is 13.0 Å². The van der Waals surface area contributed by atoms with Crippen molar-refractivity contribution in [2.24, 2.45) is 5.92 Å². The molecule has 0 fully saturated rings. The van der Waals surface area contributed by atoms with Crippen molar-refractivity contribution < 1.29 is 0 Å². The summed E-state index contributed by atoms with van der Waals surface area (Å²) in [4.78, 5) is 4.54. The first-order chi connectivity index (χ1) is 9.70. The van der Waals surface area contributed by atoms with Gasteiger partial charge in [0, 0.05) is 18.8 Å². The third-order valence-electron chi connectivity index (χ3n) is 2.88. The first-order valence-electron chi connectivity index (χ1n) is 6.69. The van der Waals surface area contributed by atoms with Gasteiger partial charge < -0.3 is 9.72 Å². The minimum absolute atomic E-state index is 0.606. The van der Waals surface area contributed by atoms with Gasteiger partial charge in [-0.1, -0.05) is 31.3 Å². The quantitative estimate of drug-likeness (QED) is 0.784. The lowest BCUT2D eigenvalue weighted by Crippen LogP contribution is -1.98. The molecule has 6 heteroatoms. The molecule has 0 unspecified atom stereocenters. The van der Waals surface area contributed by atoms with Crippen molar-refractivity contribution in [1.29, 1.82) is 0 Å². The number of pyridine rings is 1. The number of hydrogen-bond acceptors (Lipinski definition) is 5. The minimum atomic E-state index is 0.606. The Labute approximate surface area is 121 Å². The molecule has 0 radical (unpaired) electrons. The van der Waals surface area contributed by atoms with Crippen LogP contribution in [0.4, 0.5) is 5.13 Å². The first-order valence-corrected chi connectivity index (χ1v) is 7.51. The van der Waals surface area contributed by atoms with E-state index in [-0.39, 0.29) is 0 Å². The van der Waals surface area contributed by atoms with E-state index in [4.69, 9.17) is 0 Å². The van der Waals surface area contributed by atoms with Crippen molar-refractivity contribution in [3.63, 3.8) is 0 Å². The molecule has 0 aliphatic heterocycles. The summed E-state index contributed by atoms with van der Waals surface area (Å²) in [5, 5.41) is 13.6. The molecule has 0 amide bonds. The zero-order valence-electron chi connectivity index (χ0n) is 11.6. The Bertz CT molecular complexity index is 667. The molecule has 0 saturated carbocycles. The molecule has 0 aliphatic rings. The summed E-state index contributed by atoms with van der Waals surface area (Å²) in [7, 11) is 0. The molecule has 3 aromatic heterocycles. The predicted octanol–water partition coefficient (Wildman–Crippen LogP) is 3.00. The summed E-state index contributed by atoms with van der Waals surface area (Å²) in [5.41, 5.74) is 1.96. The van der Waals surface area contributed by atoms with E-state index in [1.807, 2.05) is 35.0 Å². The van der Waals surface area contributed by atoms with Gasteiger partial charge in [-0.3, -0.25) is 0 Å². The van der Waals surface area contributed by atoms with Crippen LogP contribution in [0, 0.1) is 5.92 Å². The van der Waals surface area contributed by atoms with Crippen LogP contribution in [0.5, 0.6) is 0 Å². The molecular weight excluding hydrogens is 270 g/mol. The van der Waals surface area contributed by atoms with Crippen molar-refractivity contribution in [3.05, 3.63) is 41.3 Å². The lowest BCUT2D eigenvalue weighted by molar-refractivity contribution is 0.640. The molecule has 0 aromatic carbocycles. The van der Waals surface area contributed by atoms with Gasteiger partial charge in [-0.15, -0.1) is 10.2 Å². The Morgan fingerprint density at radius 2 is 2.20 bits per heavy atom. The zero-order chi connectivity index (χ0) is 13.9. The highest BCUT2D eigenvalue weighted by atomic mass is 32.1. The van der Waals surface area contributed by atoms with Crippen LogP contribution in [0.15, 0.2) is 30.6 Å². The molecule has 0 saturated heterocycles. The van der Waals surface area contributed by atoms with Crippen molar-refractivity contribution in [3.8, 4) is 0 Å². The minimum Gasteiger partial charge on any atom is -0.354 e. The van der Waals surface area contributed by atoms with Gasteiger partial charge in [0.2, 0.25) is 5.13 Å². The fraction of sp³-hybridized carbons (Fsp3) is 0.357. The number of aromatic nitrogens is 4. The van der Waals surface area contributed by atoms with Crippen LogP contribution < -0.4 is 5.32 Å². The summed E-state index contributed by atoms with van der Waals surface area (Å²) in [6.07, 6.45) is 5.00. The molecule has 0 spiro atoms. The highest BCUT2D eigenvalue weighted by Crippen LogP contribution is 2.18. The van der Waals surface area contributed by atoms with E-state index in [9.17, 15) is 0 Å². The van der Waals surface area contributed by atoms with E-state index in [1.165, 1.54) is 0 Å². The predicted molar refractivity (Wildman–Crippen MR) is 81.0 cm³/mol. The van der Waals surface area contributed by atoms with Crippen LogP contribution in [0.3, 0.4) is 0 Å². The van der Waals surface area contributed by atoms with E-state index in [1.54, 1.807) is 11.3 Å². The number of nitrogens with one attached hydrogen (secondary N) is 1. The van der Waals surface area contributed by atoms with Gasteiger partial charge in [0.15, 0.2) is 0 Å². The Kier molecular flexibility index (Phi) is 3.64. The molecule has 3 aromatic rings. The summed E-state index contributed by atoms with van der Waals surface area (Å²) in [6, 6.07) is 5.98. The SMILES string of the molecule is CC(C)Cc1nnc(NCc2cn3ccccc3n2)s1. The second-order valence-electron chi connectivity index (χ2n) is 5.15. The maximum Gasteiger partial charge on any atom is 0.205 e. The average molecular weight is 287 g/mol. The van der Waals surface area contributed by atoms with E-state index in [0.29, 0.717) is 12.5 Å². The largest absolute Gasteiger partial charge is 0.354 e. The fourth-order valence-corrected chi connectivity index (χ4v) is 2.94. The maximum atomic E-state index is 4.54. The van der Waals surface area contributed by atoms with Crippen molar-refractivity contribution in [2.75, 3.05) is 5.32 Å². The van der Waals surface area contributed by atoms with Gasteiger partial charge in [-0.25, -0.2) is 4.98 Å². The first kappa shape index (κ1) is 13.1. The van der Waals surface area contributed by atoms with Gasteiger partial charge in [-0.2, -0.15) is 0 Å². The molecule has 20 heavy (non-hydrogen) atoms. The lowest BCUT2D eigenvalue weighted by atomic mass is 10.1. The lowest BCUT2D eigenvalue weighted by Gasteiger charge is -1.98. The average Bonchev–Trinajstić information content (AvgIpc) is 3.01. The number of hydrogen-bond donors (Lipinski definition) is 1. The third-order valence-corrected chi connectivity index (χ3v) is 3.79. The number of fused-ring (bicyclic) bond motifs is 1. The van der Waals surface area contributed by atoms with Crippen LogP contribution >= 0.6 is 11.3 Å². The van der Waals surface area contributed by atoms with Crippen LogP contribution in [0.1, 0.15) is 24.5 Å². The molecule has 3 heterocycles. The number of nitrogens with zero attached hydrogens (tertiary/aromatic N) is 4. The van der Waals surface area contributed by atoms with Crippen molar-refractivity contribution >= 4 is 22.1 Å². The zero-order valence-corrected chi connectivity index (χ0v) is 12.4. The smallest absolute Gasteiger partial charge is 0.205 e. The van der Waals surface area contributed by atoms with Gasteiger partial charge in [0.25, 0.3) is 0 Å². The maximum absolute atomic E-state index is 4.54. The second kappa shape index (κ2) is 5.58. The summed E-state index contributed by atoms with van der Waals surface area (Å²) >= 11 is 1.62. The molecule has 104 valence electrons. The molecule has 0 aliphatic carbocycles. The molecule has 5 nitrogen and oxygen atoms in total. The molecule has 3 rings (SSSR count).